The van der Waals surface area contributed by atoms with Crippen LogP contribution in [-0.4, -0.2) is 5.78 Å². The first-order valence-electron chi connectivity index (χ1n) is 4.96. The van der Waals surface area contributed by atoms with Crippen LogP contribution < -0.4 is 0 Å². The van der Waals surface area contributed by atoms with Crippen molar-refractivity contribution in [1.29, 1.82) is 5.26 Å². The average Bonchev–Trinajstić information content (AvgIpc) is 2.28. The molecule has 0 heterocycles. The predicted octanol–water partition coefficient (Wildman–Crippen LogP) is 3.09. The van der Waals surface area contributed by atoms with E-state index in [0.29, 0.717) is 6.42 Å². The van der Waals surface area contributed by atoms with Gasteiger partial charge in [0.2, 0.25) is 0 Å². The zero-order valence-corrected chi connectivity index (χ0v) is 8.84. The summed E-state index contributed by atoms with van der Waals surface area (Å²) in [5, 5.41) is 8.53. The lowest BCUT2D eigenvalue weighted by molar-refractivity contribution is 0.0918. The fourth-order valence-corrected chi connectivity index (χ4v) is 1.42. The van der Waals surface area contributed by atoms with Gasteiger partial charge in [0.25, 0.3) is 0 Å². The van der Waals surface area contributed by atoms with Gasteiger partial charge >= 0.3 is 0 Å². The van der Waals surface area contributed by atoms with Gasteiger partial charge in [0.15, 0.2) is 17.4 Å². The molecule has 0 bridgehead atoms. The molecular weight excluding hydrogens is 212 g/mol. The fourth-order valence-electron chi connectivity index (χ4n) is 1.42. The minimum Gasteiger partial charge on any atom is -0.294 e. The van der Waals surface area contributed by atoms with Gasteiger partial charge in [0, 0.05) is 17.9 Å². The van der Waals surface area contributed by atoms with Crippen molar-refractivity contribution in [3.8, 4) is 6.07 Å². The van der Waals surface area contributed by atoms with Crippen LogP contribution in [0.5, 0.6) is 0 Å². The van der Waals surface area contributed by atoms with Gasteiger partial charge < -0.3 is 0 Å². The molecule has 2 nitrogen and oxygen atoms in total. The second-order valence-electron chi connectivity index (χ2n) is 3.46. The molecule has 0 saturated heterocycles. The smallest absolute Gasteiger partial charge is 0.167 e. The lowest BCUT2D eigenvalue weighted by atomic mass is 9.93. The van der Waals surface area contributed by atoms with E-state index in [1.54, 1.807) is 6.92 Å². The van der Waals surface area contributed by atoms with Crippen molar-refractivity contribution in [1.82, 2.24) is 0 Å². The van der Waals surface area contributed by atoms with Crippen molar-refractivity contribution in [3.63, 3.8) is 0 Å². The van der Waals surface area contributed by atoms with E-state index in [4.69, 9.17) is 5.26 Å². The Morgan fingerprint density at radius 2 is 2.12 bits per heavy atom. The molecule has 0 radical (unpaired) electrons. The van der Waals surface area contributed by atoms with Crippen LogP contribution in [-0.2, 0) is 0 Å². The zero-order valence-electron chi connectivity index (χ0n) is 8.84. The molecule has 84 valence electrons. The van der Waals surface area contributed by atoms with Gasteiger partial charge in [-0.3, -0.25) is 4.79 Å². The van der Waals surface area contributed by atoms with Crippen LogP contribution in [0.3, 0.4) is 0 Å². The standard InChI is InChI=1S/C12H11F2NO/c1-2-8(5-6-15)12(16)9-3-4-10(13)11(14)7-9/h3-4,7-8H,2,5H2,1H3. The summed E-state index contributed by atoms with van der Waals surface area (Å²) in [6, 6.07) is 4.93. The summed E-state index contributed by atoms with van der Waals surface area (Å²) < 4.78 is 25.6. The minimum absolute atomic E-state index is 0.0916. The molecule has 0 aliphatic carbocycles. The molecular formula is C12H11F2NO. The quantitative estimate of drug-likeness (QED) is 0.736. The van der Waals surface area contributed by atoms with Crippen molar-refractivity contribution < 1.29 is 13.6 Å². The van der Waals surface area contributed by atoms with Gasteiger partial charge in [0.1, 0.15) is 0 Å². The molecule has 0 spiro atoms. The maximum Gasteiger partial charge on any atom is 0.167 e. The zero-order chi connectivity index (χ0) is 12.1. The summed E-state index contributed by atoms with van der Waals surface area (Å²) in [7, 11) is 0. The Bertz CT molecular complexity index is 437. The topological polar surface area (TPSA) is 40.9 Å². The Morgan fingerprint density at radius 3 is 2.62 bits per heavy atom. The number of nitriles is 1. The highest BCUT2D eigenvalue weighted by Gasteiger charge is 2.19. The number of nitrogens with zero attached hydrogens (tertiary/aromatic N) is 1. The van der Waals surface area contributed by atoms with Gasteiger partial charge in [-0.05, 0) is 24.6 Å². The summed E-state index contributed by atoms with van der Waals surface area (Å²) in [4.78, 5) is 11.8. The maximum absolute atomic E-state index is 12.9. The van der Waals surface area contributed by atoms with E-state index in [0.717, 1.165) is 12.1 Å². The third kappa shape index (κ3) is 2.63. The second-order valence-corrected chi connectivity index (χ2v) is 3.46. The molecule has 1 aromatic carbocycles. The fraction of sp³-hybridized carbons (Fsp3) is 0.333. The molecule has 0 aliphatic heterocycles. The highest BCUT2D eigenvalue weighted by Crippen LogP contribution is 2.17. The molecule has 16 heavy (non-hydrogen) atoms. The molecule has 1 atom stereocenters. The van der Waals surface area contributed by atoms with E-state index in [1.165, 1.54) is 6.07 Å². The van der Waals surface area contributed by atoms with Crippen molar-refractivity contribution in [3.05, 3.63) is 35.4 Å². The number of hydrogen-bond donors (Lipinski definition) is 0. The number of carbonyl (C=O) groups is 1. The summed E-state index contributed by atoms with van der Waals surface area (Å²) in [5.41, 5.74) is 0.112. The molecule has 4 heteroatoms. The molecule has 0 fully saturated rings. The first-order valence-corrected chi connectivity index (χ1v) is 4.96. The molecule has 0 saturated carbocycles. The van der Waals surface area contributed by atoms with Crippen molar-refractivity contribution in [2.24, 2.45) is 5.92 Å². The van der Waals surface area contributed by atoms with Crippen molar-refractivity contribution >= 4 is 5.78 Å². The SMILES string of the molecule is CCC(CC#N)C(=O)c1ccc(F)c(F)c1. The van der Waals surface area contributed by atoms with Crippen LogP contribution >= 0.6 is 0 Å². The monoisotopic (exact) mass is 223 g/mol. The number of benzene rings is 1. The number of halogens is 2. The summed E-state index contributed by atoms with van der Waals surface area (Å²) >= 11 is 0. The molecule has 1 rings (SSSR count). The highest BCUT2D eigenvalue weighted by molar-refractivity contribution is 5.97. The van der Waals surface area contributed by atoms with Crippen LogP contribution in [0.2, 0.25) is 0 Å². The van der Waals surface area contributed by atoms with Crippen LogP contribution in [0, 0.1) is 28.9 Å². The molecule has 0 N–H and O–H groups in total. The van der Waals surface area contributed by atoms with E-state index < -0.39 is 17.6 Å². The summed E-state index contributed by atoms with van der Waals surface area (Å²) in [6.45, 7) is 1.78. The number of ketones is 1. The third-order valence-electron chi connectivity index (χ3n) is 2.41. The van der Waals surface area contributed by atoms with Crippen LogP contribution in [0.15, 0.2) is 18.2 Å². The maximum atomic E-state index is 12.9. The van der Waals surface area contributed by atoms with Crippen LogP contribution in [0.25, 0.3) is 0 Å². The first-order chi connectivity index (χ1) is 7.60. The highest BCUT2D eigenvalue weighted by atomic mass is 19.2. The van der Waals surface area contributed by atoms with Gasteiger partial charge in [-0.25, -0.2) is 8.78 Å². The number of hydrogen-bond acceptors (Lipinski definition) is 2. The minimum atomic E-state index is -1.04. The lowest BCUT2D eigenvalue weighted by Crippen LogP contribution is -2.13. The summed E-state index contributed by atoms with van der Waals surface area (Å²) in [6.07, 6.45) is 0.597. The number of Topliss-reactive ketones (excluding diaryl/α,β-unsaturated/α-hetero) is 1. The predicted molar refractivity (Wildman–Crippen MR) is 54.7 cm³/mol. The Labute approximate surface area is 92.5 Å². The largest absolute Gasteiger partial charge is 0.294 e. The van der Waals surface area contributed by atoms with Crippen molar-refractivity contribution in [2.45, 2.75) is 19.8 Å². The summed E-state index contributed by atoms with van der Waals surface area (Å²) in [5.74, 6) is -2.79. The van der Waals surface area contributed by atoms with E-state index in [2.05, 4.69) is 0 Å². The Hall–Kier alpha value is -1.76. The van der Waals surface area contributed by atoms with Crippen molar-refractivity contribution in [2.75, 3.05) is 0 Å². The van der Waals surface area contributed by atoms with Crippen LogP contribution in [0.1, 0.15) is 30.1 Å². The average molecular weight is 223 g/mol. The third-order valence-corrected chi connectivity index (χ3v) is 2.41. The van der Waals surface area contributed by atoms with Crippen LogP contribution in [0.4, 0.5) is 8.78 Å². The molecule has 0 aliphatic rings. The second kappa shape index (κ2) is 5.36. The van der Waals surface area contributed by atoms with E-state index in [9.17, 15) is 13.6 Å². The van der Waals surface area contributed by atoms with E-state index >= 15 is 0 Å². The number of rotatable bonds is 4. The normalized spacial score (nSPS) is 11.9. The molecule has 0 amide bonds. The Balaban J connectivity index is 2.95. The van der Waals surface area contributed by atoms with E-state index in [-0.39, 0.29) is 17.8 Å². The van der Waals surface area contributed by atoms with Gasteiger partial charge in [-0.2, -0.15) is 5.26 Å². The van der Waals surface area contributed by atoms with Gasteiger partial charge in [-0.1, -0.05) is 6.92 Å². The van der Waals surface area contributed by atoms with Gasteiger partial charge in [-0.15, -0.1) is 0 Å². The molecule has 1 aromatic rings. The molecule has 1 unspecified atom stereocenters. The Kier molecular flexibility index (Phi) is 4.12. The molecule has 0 aromatic heterocycles. The first kappa shape index (κ1) is 12.3. The lowest BCUT2D eigenvalue weighted by Gasteiger charge is -2.09. The van der Waals surface area contributed by atoms with Gasteiger partial charge in [0.05, 0.1) is 6.07 Å². The Morgan fingerprint density at radius 1 is 1.44 bits per heavy atom. The number of carbonyl (C=O) groups excluding carboxylic acids is 1. The van der Waals surface area contributed by atoms with E-state index in [1.807, 2.05) is 6.07 Å².